The van der Waals surface area contributed by atoms with Gasteiger partial charge in [0.2, 0.25) is 11.8 Å². The summed E-state index contributed by atoms with van der Waals surface area (Å²) in [4.78, 5) is 45.6. The van der Waals surface area contributed by atoms with Gasteiger partial charge in [-0.1, -0.05) is 54.1 Å². The highest BCUT2D eigenvalue weighted by Crippen LogP contribution is 2.48. The van der Waals surface area contributed by atoms with E-state index in [1.54, 1.807) is 41.5 Å². The van der Waals surface area contributed by atoms with Crippen molar-refractivity contribution in [2.24, 2.45) is 5.92 Å². The molecule has 0 aliphatic carbocycles. The Morgan fingerprint density at radius 3 is 2.24 bits per heavy atom. The van der Waals surface area contributed by atoms with Crippen LogP contribution in [-0.4, -0.2) is 23.8 Å². The molecule has 33 heavy (non-hydrogen) atoms. The standard InChI is InChI=1S/C25H20ClN3O4/c1-15(30)27-17-13-11-16(12-14-17)22-21-23(33-29(22)18-7-3-2-4-8-18)25(32)28(24(21)31)20-10-6-5-9-19(20)26/h2-14,21-23H,1H3,(H,27,30)/t21-,22-,23+/m1/s1. The minimum Gasteiger partial charge on any atom is -0.326 e. The fourth-order valence-electron chi connectivity index (χ4n) is 4.39. The van der Waals surface area contributed by atoms with Crippen molar-refractivity contribution in [1.29, 1.82) is 0 Å². The molecule has 3 aromatic carbocycles. The third-order valence-corrected chi connectivity index (χ3v) is 6.11. The lowest BCUT2D eigenvalue weighted by molar-refractivity contribution is -0.126. The maximum atomic E-state index is 13.6. The fourth-order valence-corrected chi connectivity index (χ4v) is 4.61. The van der Waals surface area contributed by atoms with Crippen molar-refractivity contribution >= 4 is 46.4 Å². The topological polar surface area (TPSA) is 79.0 Å². The lowest BCUT2D eigenvalue weighted by atomic mass is 9.90. The maximum Gasteiger partial charge on any atom is 0.266 e. The number of carbonyl (C=O) groups is 3. The summed E-state index contributed by atoms with van der Waals surface area (Å²) in [5, 5.41) is 4.68. The zero-order valence-corrected chi connectivity index (χ0v) is 18.4. The first kappa shape index (κ1) is 21.2. The van der Waals surface area contributed by atoms with Gasteiger partial charge in [-0.05, 0) is 42.0 Å². The predicted octanol–water partition coefficient (Wildman–Crippen LogP) is 4.35. The molecule has 3 aromatic rings. The normalized spacial score (nSPS) is 21.9. The highest BCUT2D eigenvalue weighted by atomic mass is 35.5. The van der Waals surface area contributed by atoms with E-state index in [-0.39, 0.29) is 11.8 Å². The molecular weight excluding hydrogens is 442 g/mol. The molecule has 0 spiro atoms. The summed E-state index contributed by atoms with van der Waals surface area (Å²) in [5.74, 6) is -1.76. The molecule has 2 saturated heterocycles. The van der Waals surface area contributed by atoms with E-state index < -0.39 is 24.0 Å². The van der Waals surface area contributed by atoms with Gasteiger partial charge in [0.15, 0.2) is 6.10 Å². The summed E-state index contributed by atoms with van der Waals surface area (Å²) in [5.41, 5.74) is 2.49. The van der Waals surface area contributed by atoms with E-state index in [0.29, 0.717) is 16.4 Å². The Morgan fingerprint density at radius 1 is 0.909 bits per heavy atom. The van der Waals surface area contributed by atoms with E-state index in [9.17, 15) is 14.4 Å². The molecule has 0 bridgehead atoms. The van der Waals surface area contributed by atoms with Crippen LogP contribution in [0.5, 0.6) is 0 Å². The number of hydrogen-bond donors (Lipinski definition) is 1. The van der Waals surface area contributed by atoms with Crippen molar-refractivity contribution in [2.75, 3.05) is 15.3 Å². The number of fused-ring (bicyclic) bond motifs is 1. The van der Waals surface area contributed by atoms with Gasteiger partial charge in [-0.3, -0.25) is 19.2 Å². The molecule has 1 N–H and O–H groups in total. The minimum absolute atomic E-state index is 0.176. The highest BCUT2D eigenvalue weighted by Gasteiger charge is 2.60. The lowest BCUT2D eigenvalue weighted by Crippen LogP contribution is -2.37. The van der Waals surface area contributed by atoms with Crippen LogP contribution in [-0.2, 0) is 19.2 Å². The molecule has 2 heterocycles. The molecule has 2 aliphatic heterocycles. The van der Waals surface area contributed by atoms with Gasteiger partial charge in [-0.15, -0.1) is 0 Å². The largest absolute Gasteiger partial charge is 0.326 e. The average molecular weight is 462 g/mol. The number of benzene rings is 3. The highest BCUT2D eigenvalue weighted by molar-refractivity contribution is 6.36. The summed E-state index contributed by atoms with van der Waals surface area (Å²) in [6, 6.07) is 22.7. The second-order valence-corrected chi connectivity index (χ2v) is 8.33. The average Bonchev–Trinajstić information content (AvgIpc) is 3.31. The second kappa shape index (κ2) is 8.35. The zero-order valence-electron chi connectivity index (χ0n) is 17.6. The van der Waals surface area contributed by atoms with Crippen molar-refractivity contribution in [3.63, 3.8) is 0 Å². The van der Waals surface area contributed by atoms with E-state index in [2.05, 4.69) is 5.32 Å². The molecule has 5 rings (SSSR count). The van der Waals surface area contributed by atoms with E-state index in [1.807, 2.05) is 42.5 Å². The number of imide groups is 1. The quantitative estimate of drug-likeness (QED) is 0.584. The van der Waals surface area contributed by atoms with Crippen molar-refractivity contribution in [3.05, 3.63) is 89.4 Å². The van der Waals surface area contributed by atoms with Crippen molar-refractivity contribution in [2.45, 2.75) is 19.1 Å². The van der Waals surface area contributed by atoms with E-state index in [0.717, 1.165) is 16.2 Å². The molecule has 0 unspecified atom stereocenters. The number of halogens is 1. The number of carbonyl (C=O) groups excluding carboxylic acids is 3. The van der Waals surface area contributed by atoms with Crippen LogP contribution in [0.4, 0.5) is 17.1 Å². The smallest absolute Gasteiger partial charge is 0.266 e. The van der Waals surface area contributed by atoms with Gasteiger partial charge in [0.1, 0.15) is 5.92 Å². The number of nitrogens with zero attached hydrogens (tertiary/aromatic N) is 2. The van der Waals surface area contributed by atoms with Gasteiger partial charge < -0.3 is 5.32 Å². The number of hydroxylamine groups is 1. The number of anilines is 3. The molecule has 0 aromatic heterocycles. The first-order chi connectivity index (χ1) is 16.0. The third kappa shape index (κ3) is 3.65. The summed E-state index contributed by atoms with van der Waals surface area (Å²) in [6.07, 6.45) is -0.978. The predicted molar refractivity (Wildman–Crippen MR) is 125 cm³/mol. The van der Waals surface area contributed by atoms with Crippen LogP contribution in [0.25, 0.3) is 0 Å². The van der Waals surface area contributed by atoms with Gasteiger partial charge in [-0.25, -0.2) is 9.96 Å². The van der Waals surface area contributed by atoms with Gasteiger partial charge in [-0.2, -0.15) is 0 Å². The Morgan fingerprint density at radius 2 is 1.58 bits per heavy atom. The zero-order chi connectivity index (χ0) is 23.1. The number of nitrogens with one attached hydrogen (secondary N) is 1. The van der Waals surface area contributed by atoms with Gasteiger partial charge >= 0.3 is 0 Å². The molecular formula is C25H20ClN3O4. The number of amides is 3. The summed E-state index contributed by atoms with van der Waals surface area (Å²) >= 11 is 6.30. The fraction of sp³-hybridized carbons (Fsp3) is 0.160. The van der Waals surface area contributed by atoms with Crippen molar-refractivity contribution < 1.29 is 19.2 Å². The van der Waals surface area contributed by atoms with Crippen LogP contribution in [0.15, 0.2) is 78.9 Å². The number of hydrogen-bond acceptors (Lipinski definition) is 5. The van der Waals surface area contributed by atoms with E-state index >= 15 is 0 Å². The van der Waals surface area contributed by atoms with Crippen LogP contribution in [0, 0.1) is 5.92 Å². The van der Waals surface area contributed by atoms with Crippen LogP contribution in [0.3, 0.4) is 0 Å². The summed E-state index contributed by atoms with van der Waals surface area (Å²) in [7, 11) is 0. The molecule has 2 fully saturated rings. The third-order valence-electron chi connectivity index (χ3n) is 5.79. The van der Waals surface area contributed by atoms with Gasteiger partial charge in [0.25, 0.3) is 5.91 Å². The van der Waals surface area contributed by atoms with Crippen LogP contribution >= 0.6 is 11.6 Å². The van der Waals surface area contributed by atoms with Crippen LogP contribution < -0.4 is 15.3 Å². The first-order valence-corrected chi connectivity index (χ1v) is 10.8. The summed E-state index contributed by atoms with van der Waals surface area (Å²) in [6.45, 7) is 1.44. The SMILES string of the molecule is CC(=O)Nc1ccc([C@@H]2[C@H]3C(=O)N(c4ccccc4Cl)C(=O)[C@H]3ON2c2ccccc2)cc1. The molecule has 3 atom stereocenters. The maximum absolute atomic E-state index is 13.6. The monoisotopic (exact) mass is 461 g/mol. The Kier molecular flexibility index (Phi) is 5.36. The van der Waals surface area contributed by atoms with Crippen molar-refractivity contribution in [1.82, 2.24) is 0 Å². The van der Waals surface area contributed by atoms with Crippen molar-refractivity contribution in [3.8, 4) is 0 Å². The van der Waals surface area contributed by atoms with Gasteiger partial charge in [0, 0.05) is 12.6 Å². The Labute approximate surface area is 195 Å². The molecule has 7 nitrogen and oxygen atoms in total. The molecule has 8 heteroatoms. The van der Waals surface area contributed by atoms with Crippen LogP contribution in [0.1, 0.15) is 18.5 Å². The molecule has 3 amide bonds. The van der Waals surface area contributed by atoms with E-state index in [1.165, 1.54) is 6.92 Å². The Balaban J connectivity index is 1.56. The lowest BCUT2D eigenvalue weighted by Gasteiger charge is -2.29. The Bertz CT molecular complexity index is 1230. The minimum atomic E-state index is -0.978. The number of rotatable bonds is 4. The van der Waals surface area contributed by atoms with Gasteiger partial charge in [0.05, 0.1) is 22.4 Å². The number of para-hydroxylation sites is 2. The second-order valence-electron chi connectivity index (χ2n) is 7.92. The Hall–Kier alpha value is -3.68. The van der Waals surface area contributed by atoms with E-state index in [4.69, 9.17) is 16.4 Å². The summed E-state index contributed by atoms with van der Waals surface area (Å²) < 4.78 is 0. The molecule has 2 aliphatic rings. The molecule has 166 valence electrons. The van der Waals surface area contributed by atoms with Crippen LogP contribution in [0.2, 0.25) is 5.02 Å². The molecule has 0 radical (unpaired) electrons. The first-order valence-electron chi connectivity index (χ1n) is 10.5. The molecule has 0 saturated carbocycles.